The summed E-state index contributed by atoms with van der Waals surface area (Å²) in [6.07, 6.45) is 0. The van der Waals surface area contributed by atoms with Gasteiger partial charge in [0.05, 0.1) is 5.56 Å². The molecule has 1 amide bonds. The Morgan fingerprint density at radius 3 is 2.48 bits per heavy atom. The van der Waals surface area contributed by atoms with Gasteiger partial charge in [-0.1, -0.05) is 29.1 Å². The normalized spacial score (nSPS) is 10.5. The lowest BCUT2D eigenvalue weighted by Gasteiger charge is -2.17. The number of benzene rings is 2. The van der Waals surface area contributed by atoms with Crippen LogP contribution in [0.3, 0.4) is 0 Å². The zero-order valence-corrected chi connectivity index (χ0v) is 13.1. The van der Waals surface area contributed by atoms with Gasteiger partial charge < -0.3 is 9.74 Å². The van der Waals surface area contributed by atoms with E-state index in [-0.39, 0.29) is 11.7 Å². The largest absolute Gasteiger partial charge is 0.384 e. The summed E-state index contributed by atoms with van der Waals surface area (Å²) in [4.78, 5) is 19.5. The summed E-state index contributed by atoms with van der Waals surface area (Å²) in [5.41, 5.74) is 0.240. The first-order valence-electron chi connectivity index (χ1n) is 7.25. The fraction of sp³-hybridized carbons (Fsp3) is 0.125. The SMILES string of the molecule is CN(C(=O)COn1nnnc1-c1c(F)cccc1F)c1ccccc1. The Balaban J connectivity index is 1.75. The Hall–Kier alpha value is -3.36. The maximum absolute atomic E-state index is 13.9. The van der Waals surface area contributed by atoms with E-state index in [0.717, 1.165) is 17.0 Å². The van der Waals surface area contributed by atoms with Crippen LogP contribution in [-0.4, -0.2) is 39.9 Å². The van der Waals surface area contributed by atoms with Crippen molar-refractivity contribution in [1.82, 2.24) is 20.4 Å². The van der Waals surface area contributed by atoms with E-state index in [9.17, 15) is 13.6 Å². The number of halogens is 2. The molecule has 3 rings (SSSR count). The zero-order valence-electron chi connectivity index (χ0n) is 13.1. The van der Waals surface area contributed by atoms with Crippen molar-refractivity contribution >= 4 is 11.6 Å². The molecule has 128 valence electrons. The van der Waals surface area contributed by atoms with Gasteiger partial charge in [-0.15, -0.1) is 5.10 Å². The van der Waals surface area contributed by atoms with Crippen LogP contribution in [0.15, 0.2) is 48.5 Å². The molecule has 0 aliphatic rings. The molecule has 0 saturated heterocycles. The van der Waals surface area contributed by atoms with Crippen LogP contribution in [0.4, 0.5) is 14.5 Å². The molecule has 2 aromatic carbocycles. The van der Waals surface area contributed by atoms with Crippen LogP contribution < -0.4 is 9.74 Å². The van der Waals surface area contributed by atoms with Gasteiger partial charge in [0.1, 0.15) is 11.6 Å². The summed E-state index contributed by atoms with van der Waals surface area (Å²) in [6, 6.07) is 12.3. The summed E-state index contributed by atoms with van der Waals surface area (Å²) < 4.78 is 27.7. The van der Waals surface area contributed by atoms with Crippen molar-refractivity contribution < 1.29 is 18.4 Å². The number of hydrogen-bond acceptors (Lipinski definition) is 5. The minimum Gasteiger partial charge on any atom is -0.384 e. The lowest BCUT2D eigenvalue weighted by molar-refractivity contribution is -0.123. The van der Waals surface area contributed by atoms with Gasteiger partial charge in [-0.05, 0) is 34.7 Å². The van der Waals surface area contributed by atoms with E-state index >= 15 is 0 Å². The number of rotatable bonds is 5. The van der Waals surface area contributed by atoms with Crippen LogP contribution in [0.25, 0.3) is 11.4 Å². The molecule has 0 saturated carbocycles. The van der Waals surface area contributed by atoms with Gasteiger partial charge in [0.15, 0.2) is 6.61 Å². The van der Waals surface area contributed by atoms with Crippen molar-refractivity contribution in [3.05, 3.63) is 60.2 Å². The summed E-state index contributed by atoms with van der Waals surface area (Å²) in [5, 5.41) is 10.4. The predicted molar refractivity (Wildman–Crippen MR) is 84.5 cm³/mol. The Morgan fingerprint density at radius 1 is 1.12 bits per heavy atom. The molecule has 0 fully saturated rings. The van der Waals surface area contributed by atoms with Crippen LogP contribution in [0, 0.1) is 11.6 Å². The van der Waals surface area contributed by atoms with Crippen molar-refractivity contribution in [2.45, 2.75) is 0 Å². The van der Waals surface area contributed by atoms with Crippen molar-refractivity contribution in [3.63, 3.8) is 0 Å². The van der Waals surface area contributed by atoms with Gasteiger partial charge in [0.25, 0.3) is 5.91 Å². The molecule has 1 heterocycles. The van der Waals surface area contributed by atoms with Crippen LogP contribution in [0.1, 0.15) is 0 Å². The van der Waals surface area contributed by atoms with Gasteiger partial charge in [0.2, 0.25) is 5.82 Å². The molecule has 25 heavy (non-hydrogen) atoms. The predicted octanol–water partition coefficient (Wildman–Crippen LogP) is 1.71. The van der Waals surface area contributed by atoms with Gasteiger partial charge in [-0.25, -0.2) is 8.78 Å². The average molecular weight is 345 g/mol. The highest BCUT2D eigenvalue weighted by Crippen LogP contribution is 2.22. The first-order chi connectivity index (χ1) is 12.1. The third-order valence-corrected chi connectivity index (χ3v) is 3.46. The number of amides is 1. The monoisotopic (exact) mass is 345 g/mol. The van der Waals surface area contributed by atoms with Crippen LogP contribution in [0.5, 0.6) is 0 Å². The number of carbonyl (C=O) groups is 1. The number of tetrazole rings is 1. The van der Waals surface area contributed by atoms with Crippen molar-refractivity contribution in [2.24, 2.45) is 0 Å². The highest BCUT2D eigenvalue weighted by atomic mass is 19.1. The van der Waals surface area contributed by atoms with E-state index in [2.05, 4.69) is 15.5 Å². The van der Waals surface area contributed by atoms with Gasteiger partial charge in [0, 0.05) is 12.7 Å². The number of aromatic nitrogens is 4. The molecule has 3 aromatic rings. The zero-order chi connectivity index (χ0) is 17.8. The first-order valence-corrected chi connectivity index (χ1v) is 7.25. The number of hydrogen-bond donors (Lipinski definition) is 0. The molecule has 0 unspecified atom stereocenters. The lowest BCUT2D eigenvalue weighted by atomic mass is 10.2. The third-order valence-electron chi connectivity index (χ3n) is 3.46. The molecule has 0 atom stereocenters. The fourth-order valence-electron chi connectivity index (χ4n) is 2.13. The molecule has 1 aromatic heterocycles. The summed E-state index contributed by atoms with van der Waals surface area (Å²) in [7, 11) is 1.58. The van der Waals surface area contributed by atoms with E-state index in [0.29, 0.717) is 5.69 Å². The van der Waals surface area contributed by atoms with Crippen LogP contribution in [0.2, 0.25) is 0 Å². The molecular formula is C16H13F2N5O2. The number of nitrogens with zero attached hydrogens (tertiary/aromatic N) is 5. The van der Waals surface area contributed by atoms with Crippen molar-refractivity contribution in [1.29, 1.82) is 0 Å². The molecule has 0 radical (unpaired) electrons. The maximum atomic E-state index is 13.9. The van der Waals surface area contributed by atoms with Crippen LogP contribution in [-0.2, 0) is 4.79 Å². The highest BCUT2D eigenvalue weighted by molar-refractivity contribution is 5.93. The highest BCUT2D eigenvalue weighted by Gasteiger charge is 2.20. The van der Waals surface area contributed by atoms with Gasteiger partial charge >= 0.3 is 0 Å². The fourth-order valence-corrected chi connectivity index (χ4v) is 2.13. The molecule has 0 N–H and O–H groups in total. The molecule has 0 bridgehead atoms. The first kappa shape index (κ1) is 16.5. The Morgan fingerprint density at radius 2 is 1.80 bits per heavy atom. The average Bonchev–Trinajstić information content (AvgIpc) is 3.08. The summed E-state index contributed by atoms with van der Waals surface area (Å²) in [6.45, 7) is -0.417. The molecule has 0 aliphatic carbocycles. The van der Waals surface area contributed by atoms with E-state index < -0.39 is 23.8 Å². The van der Waals surface area contributed by atoms with Crippen molar-refractivity contribution in [2.75, 3.05) is 18.6 Å². The smallest absolute Gasteiger partial charge is 0.267 e. The number of likely N-dealkylation sites (N-methyl/N-ethyl adjacent to an activating group) is 1. The quantitative estimate of drug-likeness (QED) is 0.704. The molecule has 7 nitrogen and oxygen atoms in total. The summed E-state index contributed by atoms with van der Waals surface area (Å²) in [5.74, 6) is -2.34. The number of anilines is 1. The number of carbonyl (C=O) groups excluding carboxylic acids is 1. The minimum absolute atomic E-state index is 0.272. The molecular weight excluding hydrogens is 332 g/mol. The second kappa shape index (κ2) is 7.04. The Kier molecular flexibility index (Phi) is 4.64. The third kappa shape index (κ3) is 3.44. The lowest BCUT2D eigenvalue weighted by Crippen LogP contribution is -2.34. The van der Waals surface area contributed by atoms with E-state index in [1.165, 1.54) is 11.0 Å². The summed E-state index contributed by atoms with van der Waals surface area (Å²) >= 11 is 0. The molecule has 9 heteroatoms. The van der Waals surface area contributed by atoms with Crippen LogP contribution >= 0.6 is 0 Å². The van der Waals surface area contributed by atoms with Gasteiger partial charge in [-0.3, -0.25) is 4.79 Å². The van der Waals surface area contributed by atoms with E-state index in [1.807, 2.05) is 6.07 Å². The molecule has 0 aliphatic heterocycles. The van der Waals surface area contributed by atoms with Crippen molar-refractivity contribution in [3.8, 4) is 11.4 Å². The van der Waals surface area contributed by atoms with E-state index in [4.69, 9.17) is 4.84 Å². The van der Waals surface area contributed by atoms with E-state index in [1.54, 1.807) is 31.3 Å². The Labute approximate surface area is 141 Å². The maximum Gasteiger partial charge on any atom is 0.267 e. The second-order valence-electron chi connectivity index (χ2n) is 5.03. The topological polar surface area (TPSA) is 73.1 Å². The number of para-hydroxylation sites is 1. The molecule has 0 spiro atoms. The van der Waals surface area contributed by atoms with Gasteiger partial charge in [-0.2, -0.15) is 0 Å². The Bertz CT molecular complexity index is 865. The second-order valence-corrected chi connectivity index (χ2v) is 5.03. The minimum atomic E-state index is -0.840. The standard InChI is InChI=1S/C16H13F2N5O2/c1-22(11-6-3-2-4-7-11)14(24)10-25-23-16(19-20-21-23)15-12(17)8-5-9-13(15)18/h2-9H,10H2,1H3.